The zero-order valence-electron chi connectivity index (χ0n) is 16.8. The lowest BCUT2D eigenvalue weighted by Crippen LogP contribution is -2.47. The second kappa shape index (κ2) is 8.53. The average molecular weight is 433 g/mol. The van der Waals surface area contributed by atoms with E-state index >= 15 is 0 Å². The lowest BCUT2D eigenvalue weighted by Gasteiger charge is -2.32. The molecule has 6 heteroatoms. The number of rotatable bonds is 4. The first-order chi connectivity index (χ1) is 15.2. The van der Waals surface area contributed by atoms with Gasteiger partial charge in [-0.15, -0.1) is 0 Å². The molecule has 1 fully saturated rings. The van der Waals surface area contributed by atoms with Crippen LogP contribution in [0.15, 0.2) is 73.1 Å². The first-order valence-electron chi connectivity index (χ1n) is 10.2. The van der Waals surface area contributed by atoms with Gasteiger partial charge in [0.05, 0.1) is 24.4 Å². The normalized spacial score (nSPS) is 17.1. The molecule has 1 aliphatic heterocycles. The molecule has 2 aliphatic rings. The molecule has 31 heavy (non-hydrogen) atoms. The molecule has 2 aromatic carbocycles. The monoisotopic (exact) mass is 432 g/mol. The molecule has 1 atom stereocenters. The maximum absolute atomic E-state index is 13.2. The van der Waals surface area contributed by atoms with Crippen LogP contribution in [0.1, 0.15) is 11.1 Å². The van der Waals surface area contributed by atoms with Gasteiger partial charge < -0.3 is 14.4 Å². The van der Waals surface area contributed by atoms with Gasteiger partial charge in [-0.3, -0.25) is 9.78 Å². The third-order valence-corrected chi connectivity index (χ3v) is 5.77. The molecular weight excluding hydrogens is 412 g/mol. The summed E-state index contributed by atoms with van der Waals surface area (Å²) in [5.41, 5.74) is 5.50. The number of amides is 1. The van der Waals surface area contributed by atoms with Crippen molar-refractivity contribution in [2.75, 3.05) is 26.3 Å². The second-order valence-electron chi connectivity index (χ2n) is 7.58. The summed E-state index contributed by atoms with van der Waals surface area (Å²) in [6.45, 7) is 1.83. The SMILES string of the molecule is O=C(C=C1c2ccccc2-c2ccccc21)N1CCOC(COc2cncc(Cl)c2)C1. The molecule has 0 saturated carbocycles. The standard InChI is InChI=1S/C25H21ClN2O3/c26-17-11-18(14-27-13-17)31-16-19-15-28(9-10-30-19)25(29)12-24-22-7-3-1-5-20(22)21-6-2-4-8-23(21)24/h1-8,11-14,19H,9-10,15-16H2. The van der Waals surface area contributed by atoms with Gasteiger partial charge in [-0.2, -0.15) is 0 Å². The van der Waals surface area contributed by atoms with Crippen molar-refractivity contribution in [2.45, 2.75) is 6.10 Å². The lowest BCUT2D eigenvalue weighted by atomic mass is 10.0. The number of hydrogen-bond donors (Lipinski definition) is 0. The van der Waals surface area contributed by atoms with Crippen molar-refractivity contribution in [2.24, 2.45) is 0 Å². The van der Waals surface area contributed by atoms with E-state index in [-0.39, 0.29) is 12.0 Å². The van der Waals surface area contributed by atoms with E-state index in [9.17, 15) is 4.79 Å². The quantitative estimate of drug-likeness (QED) is 0.447. The molecule has 1 unspecified atom stereocenters. The molecule has 1 aliphatic carbocycles. The van der Waals surface area contributed by atoms with Crippen LogP contribution >= 0.6 is 11.6 Å². The predicted octanol–water partition coefficient (Wildman–Crippen LogP) is 4.45. The van der Waals surface area contributed by atoms with Gasteiger partial charge in [0.25, 0.3) is 0 Å². The summed E-state index contributed by atoms with van der Waals surface area (Å²) in [5, 5.41) is 0.516. The van der Waals surface area contributed by atoms with Crippen LogP contribution in [0.2, 0.25) is 5.02 Å². The summed E-state index contributed by atoms with van der Waals surface area (Å²) < 4.78 is 11.6. The minimum atomic E-state index is -0.210. The zero-order valence-corrected chi connectivity index (χ0v) is 17.6. The molecule has 5 rings (SSSR count). The smallest absolute Gasteiger partial charge is 0.247 e. The number of hydrogen-bond acceptors (Lipinski definition) is 4. The molecule has 0 radical (unpaired) electrons. The summed E-state index contributed by atoms with van der Waals surface area (Å²) in [5.74, 6) is 0.570. The fraction of sp³-hybridized carbons (Fsp3) is 0.200. The Labute approximate surface area is 185 Å². The third-order valence-electron chi connectivity index (χ3n) is 5.56. The third kappa shape index (κ3) is 4.07. The van der Waals surface area contributed by atoms with Crippen LogP contribution < -0.4 is 4.74 Å². The molecule has 1 saturated heterocycles. The van der Waals surface area contributed by atoms with Gasteiger partial charge >= 0.3 is 0 Å². The Morgan fingerprint density at radius 1 is 1.10 bits per heavy atom. The van der Waals surface area contributed by atoms with Gasteiger partial charge in [-0.25, -0.2) is 0 Å². The molecule has 156 valence electrons. The largest absolute Gasteiger partial charge is 0.489 e. The second-order valence-corrected chi connectivity index (χ2v) is 8.01. The van der Waals surface area contributed by atoms with Crippen molar-refractivity contribution < 1.29 is 14.3 Å². The molecule has 2 heterocycles. The van der Waals surface area contributed by atoms with Crippen molar-refractivity contribution in [3.8, 4) is 16.9 Å². The topological polar surface area (TPSA) is 51.7 Å². The van der Waals surface area contributed by atoms with Crippen LogP contribution in [0.25, 0.3) is 16.7 Å². The molecule has 0 spiro atoms. The van der Waals surface area contributed by atoms with Gasteiger partial charge in [0.1, 0.15) is 18.5 Å². The van der Waals surface area contributed by atoms with Crippen molar-refractivity contribution in [1.82, 2.24) is 9.88 Å². The molecule has 1 aromatic heterocycles. The summed E-state index contributed by atoms with van der Waals surface area (Å²) in [7, 11) is 0. The predicted molar refractivity (Wildman–Crippen MR) is 120 cm³/mol. The van der Waals surface area contributed by atoms with Crippen LogP contribution in [0.4, 0.5) is 0 Å². The number of morpholine rings is 1. The van der Waals surface area contributed by atoms with Crippen LogP contribution in [0.5, 0.6) is 5.75 Å². The molecule has 0 bridgehead atoms. The van der Waals surface area contributed by atoms with E-state index < -0.39 is 0 Å². The fourth-order valence-corrected chi connectivity index (χ4v) is 4.27. The number of fused-ring (bicyclic) bond motifs is 3. The number of aromatic nitrogens is 1. The summed E-state index contributed by atoms with van der Waals surface area (Å²) >= 11 is 5.95. The van der Waals surface area contributed by atoms with E-state index in [0.717, 1.165) is 16.7 Å². The van der Waals surface area contributed by atoms with E-state index in [1.165, 1.54) is 11.1 Å². The molecule has 3 aromatic rings. The first kappa shape index (κ1) is 19.8. The van der Waals surface area contributed by atoms with Gasteiger partial charge in [-0.1, -0.05) is 60.1 Å². The Morgan fingerprint density at radius 3 is 2.45 bits per heavy atom. The van der Waals surface area contributed by atoms with E-state index in [1.807, 2.05) is 29.2 Å². The number of ether oxygens (including phenoxy) is 2. The number of carbonyl (C=O) groups excluding carboxylic acids is 1. The highest BCUT2D eigenvalue weighted by Crippen LogP contribution is 2.43. The maximum Gasteiger partial charge on any atom is 0.247 e. The summed E-state index contributed by atoms with van der Waals surface area (Å²) in [6, 6.07) is 18.1. The Kier molecular flexibility index (Phi) is 5.45. The van der Waals surface area contributed by atoms with Crippen LogP contribution in [0, 0.1) is 0 Å². The van der Waals surface area contributed by atoms with Crippen molar-refractivity contribution in [3.05, 3.63) is 89.2 Å². The Morgan fingerprint density at radius 2 is 1.77 bits per heavy atom. The zero-order chi connectivity index (χ0) is 21.2. The van der Waals surface area contributed by atoms with E-state index in [2.05, 4.69) is 29.2 Å². The van der Waals surface area contributed by atoms with Gasteiger partial charge in [0.15, 0.2) is 0 Å². The van der Waals surface area contributed by atoms with Gasteiger partial charge in [-0.05, 0) is 27.8 Å². The summed E-state index contributed by atoms with van der Waals surface area (Å²) in [6.07, 6.45) is 4.71. The van der Waals surface area contributed by atoms with E-state index in [1.54, 1.807) is 24.5 Å². The molecule has 1 amide bonds. The highest BCUT2D eigenvalue weighted by Gasteiger charge is 2.27. The number of nitrogens with zero attached hydrogens (tertiary/aromatic N) is 2. The number of pyridine rings is 1. The Bertz CT molecular complexity index is 1110. The minimum absolute atomic E-state index is 0.0146. The molecule has 5 nitrogen and oxygen atoms in total. The Balaban J connectivity index is 1.32. The lowest BCUT2D eigenvalue weighted by molar-refractivity contribution is -0.134. The fourth-order valence-electron chi connectivity index (χ4n) is 4.10. The van der Waals surface area contributed by atoms with Crippen molar-refractivity contribution >= 4 is 23.1 Å². The highest BCUT2D eigenvalue weighted by molar-refractivity contribution is 6.30. The van der Waals surface area contributed by atoms with Gasteiger partial charge in [0, 0.05) is 24.9 Å². The highest BCUT2D eigenvalue weighted by atomic mass is 35.5. The van der Waals surface area contributed by atoms with Crippen molar-refractivity contribution in [3.63, 3.8) is 0 Å². The van der Waals surface area contributed by atoms with E-state index in [0.29, 0.717) is 37.1 Å². The van der Waals surface area contributed by atoms with Crippen molar-refractivity contribution in [1.29, 1.82) is 0 Å². The Hall–Kier alpha value is -3.15. The van der Waals surface area contributed by atoms with Crippen LogP contribution in [0.3, 0.4) is 0 Å². The van der Waals surface area contributed by atoms with Crippen LogP contribution in [-0.4, -0.2) is 48.2 Å². The van der Waals surface area contributed by atoms with Gasteiger partial charge in [0.2, 0.25) is 5.91 Å². The number of carbonyl (C=O) groups is 1. The molecule has 0 N–H and O–H groups in total. The molecular formula is C25H21ClN2O3. The number of halogens is 1. The average Bonchev–Trinajstić information content (AvgIpc) is 3.12. The van der Waals surface area contributed by atoms with Crippen LogP contribution in [-0.2, 0) is 9.53 Å². The minimum Gasteiger partial charge on any atom is -0.489 e. The van der Waals surface area contributed by atoms with E-state index in [4.69, 9.17) is 21.1 Å². The maximum atomic E-state index is 13.2. The first-order valence-corrected chi connectivity index (χ1v) is 10.6. The number of benzene rings is 2. The summed E-state index contributed by atoms with van der Waals surface area (Å²) in [4.78, 5) is 19.0.